The van der Waals surface area contributed by atoms with Gasteiger partial charge in [-0.25, -0.2) is 0 Å². The molecule has 0 amide bonds. The minimum atomic E-state index is 0.429. The highest BCUT2D eigenvalue weighted by Gasteiger charge is 2.41. The molecular weight excluding hydrogens is 348 g/mol. The molecule has 2 aliphatic rings. The lowest BCUT2D eigenvalue weighted by Gasteiger charge is -2.47. The highest BCUT2D eigenvalue weighted by atomic mass is 14.5. The Labute approximate surface area is 184 Å². The topological polar surface area (TPSA) is 0 Å². The number of allylic oxidation sites excluding steroid dienone is 2. The summed E-state index contributed by atoms with van der Waals surface area (Å²) in [6, 6.07) is 0. The number of hydrogen-bond donors (Lipinski definition) is 0. The summed E-state index contributed by atoms with van der Waals surface area (Å²) in [5.41, 5.74) is 4.02. The van der Waals surface area contributed by atoms with Crippen molar-refractivity contribution in [1.29, 1.82) is 0 Å². The monoisotopic (exact) mass is 400 g/mol. The summed E-state index contributed by atoms with van der Waals surface area (Å²) in [6.45, 7) is 28.7. The largest absolute Gasteiger partial charge is 0.0993 e. The Morgan fingerprint density at radius 2 is 1.45 bits per heavy atom. The summed E-state index contributed by atoms with van der Waals surface area (Å²) in [5.74, 6) is 4.37. The van der Waals surface area contributed by atoms with Gasteiger partial charge in [-0.3, -0.25) is 0 Å². The van der Waals surface area contributed by atoms with Crippen LogP contribution < -0.4 is 0 Å². The van der Waals surface area contributed by atoms with E-state index in [0.717, 1.165) is 23.7 Å². The summed E-state index contributed by atoms with van der Waals surface area (Å²) in [5, 5.41) is 0. The van der Waals surface area contributed by atoms with E-state index >= 15 is 0 Å². The van der Waals surface area contributed by atoms with E-state index in [1.807, 2.05) is 0 Å². The molecule has 0 heterocycles. The van der Waals surface area contributed by atoms with Crippen LogP contribution in [0.5, 0.6) is 0 Å². The van der Waals surface area contributed by atoms with Crippen LogP contribution in [-0.4, -0.2) is 0 Å². The van der Waals surface area contributed by atoms with E-state index in [-0.39, 0.29) is 0 Å². The van der Waals surface area contributed by atoms with Crippen LogP contribution in [0.15, 0.2) is 24.3 Å². The van der Waals surface area contributed by atoms with Crippen LogP contribution in [0.3, 0.4) is 0 Å². The Bertz CT molecular complexity index is 557. The van der Waals surface area contributed by atoms with Gasteiger partial charge in [0.25, 0.3) is 0 Å². The quantitative estimate of drug-likeness (QED) is 0.356. The van der Waals surface area contributed by atoms with E-state index in [1.54, 1.807) is 11.1 Å². The van der Waals surface area contributed by atoms with E-state index < -0.39 is 0 Å². The van der Waals surface area contributed by atoms with Crippen LogP contribution in [0.4, 0.5) is 0 Å². The second-order valence-corrected chi connectivity index (χ2v) is 12.9. The fraction of sp³-hybridized carbons (Fsp3) is 0.862. The Morgan fingerprint density at radius 3 is 2.00 bits per heavy atom. The van der Waals surface area contributed by atoms with Gasteiger partial charge in [0.05, 0.1) is 0 Å². The van der Waals surface area contributed by atoms with Crippen molar-refractivity contribution in [3.63, 3.8) is 0 Å². The Morgan fingerprint density at radius 1 is 0.897 bits per heavy atom. The number of hydrogen-bond acceptors (Lipinski definition) is 0. The molecule has 0 saturated heterocycles. The minimum absolute atomic E-state index is 0.429. The zero-order valence-corrected chi connectivity index (χ0v) is 21.2. The normalized spacial score (nSPS) is 30.8. The predicted octanol–water partition coefficient (Wildman–Crippen LogP) is 9.47. The van der Waals surface area contributed by atoms with Crippen LogP contribution in [-0.2, 0) is 0 Å². The Balaban J connectivity index is 1.86. The molecule has 0 radical (unpaired) electrons. The van der Waals surface area contributed by atoms with Crippen molar-refractivity contribution in [2.45, 2.75) is 113 Å². The van der Waals surface area contributed by atoms with Gasteiger partial charge in [-0.05, 0) is 84.9 Å². The molecule has 0 N–H and O–H groups in total. The molecule has 0 aliphatic heterocycles. The number of rotatable bonds is 8. The molecule has 2 aliphatic carbocycles. The highest BCUT2D eigenvalue weighted by Crippen LogP contribution is 2.51. The molecule has 0 aromatic carbocycles. The first-order valence-corrected chi connectivity index (χ1v) is 12.7. The maximum Gasteiger partial charge on any atom is -0.0137 e. The van der Waals surface area contributed by atoms with Crippen LogP contribution in [0, 0.1) is 46.3 Å². The van der Waals surface area contributed by atoms with Gasteiger partial charge in [-0.1, -0.05) is 99.0 Å². The average Bonchev–Trinajstić information content (AvgIpc) is 2.63. The van der Waals surface area contributed by atoms with Crippen molar-refractivity contribution in [1.82, 2.24) is 0 Å². The summed E-state index contributed by atoms with van der Waals surface area (Å²) in [4.78, 5) is 0. The lowest BCUT2D eigenvalue weighted by atomic mass is 9.58. The fourth-order valence-electron chi connectivity index (χ4n) is 6.30. The number of fused-ring (bicyclic) bond motifs is 1. The van der Waals surface area contributed by atoms with Crippen LogP contribution in [0.2, 0.25) is 0 Å². The third-order valence-electron chi connectivity index (χ3n) is 8.99. The van der Waals surface area contributed by atoms with Crippen molar-refractivity contribution < 1.29 is 0 Å². The molecule has 2 saturated carbocycles. The molecule has 6 unspecified atom stereocenters. The smallest absolute Gasteiger partial charge is 0.0137 e. The molecule has 0 bridgehead atoms. The van der Waals surface area contributed by atoms with Gasteiger partial charge in [0.1, 0.15) is 0 Å². The van der Waals surface area contributed by atoms with Crippen molar-refractivity contribution in [2.75, 3.05) is 0 Å². The summed E-state index contributed by atoms with van der Waals surface area (Å²) in [7, 11) is 0. The van der Waals surface area contributed by atoms with Crippen LogP contribution in [0.25, 0.3) is 0 Å². The zero-order valence-electron chi connectivity index (χ0n) is 21.2. The van der Waals surface area contributed by atoms with Gasteiger partial charge in [-0.2, -0.15) is 0 Å². The average molecular weight is 401 g/mol. The first kappa shape index (κ1) is 24.7. The zero-order chi connectivity index (χ0) is 22.0. The molecule has 0 heteroatoms. The highest BCUT2D eigenvalue weighted by molar-refractivity contribution is 5.26. The van der Waals surface area contributed by atoms with Crippen molar-refractivity contribution in [2.24, 2.45) is 46.3 Å². The molecule has 2 fully saturated rings. The maximum atomic E-state index is 4.65. The third kappa shape index (κ3) is 6.48. The first-order chi connectivity index (χ1) is 13.3. The SMILES string of the molecule is C=C1C(C)C(CCC(C)CC(C)(C)CCC(C)C(C)(C)C)C(=C)C2CCCCC12. The lowest BCUT2D eigenvalue weighted by Crippen LogP contribution is -2.36. The Kier molecular flexibility index (Phi) is 8.31. The van der Waals surface area contributed by atoms with Crippen molar-refractivity contribution in [3.8, 4) is 0 Å². The van der Waals surface area contributed by atoms with E-state index in [4.69, 9.17) is 0 Å². The second kappa shape index (κ2) is 9.74. The molecular formula is C29H52. The lowest BCUT2D eigenvalue weighted by molar-refractivity contribution is 0.174. The van der Waals surface area contributed by atoms with Crippen molar-refractivity contribution >= 4 is 0 Å². The molecule has 0 spiro atoms. The summed E-state index contributed by atoms with van der Waals surface area (Å²) in [6.07, 6.45) is 12.2. The predicted molar refractivity (Wildman–Crippen MR) is 131 cm³/mol. The summed E-state index contributed by atoms with van der Waals surface area (Å²) >= 11 is 0. The standard InChI is InChI=1S/C29H52/c1-20(19-29(9,10)18-17-21(2)28(6,7)8)15-16-25-22(3)23(4)26-13-11-12-14-27(26)24(25)5/h20-22,25-27H,4-5,11-19H2,1-3,6-10H3. The van der Waals surface area contributed by atoms with Crippen LogP contribution >= 0.6 is 0 Å². The molecule has 2 rings (SSSR count). The molecule has 0 aromatic heterocycles. The van der Waals surface area contributed by atoms with E-state index in [2.05, 4.69) is 68.5 Å². The van der Waals surface area contributed by atoms with E-state index in [0.29, 0.717) is 22.7 Å². The first-order valence-electron chi connectivity index (χ1n) is 12.7. The molecule has 0 aromatic rings. The summed E-state index contributed by atoms with van der Waals surface area (Å²) < 4.78 is 0. The minimum Gasteiger partial charge on any atom is -0.0993 e. The third-order valence-corrected chi connectivity index (χ3v) is 8.99. The molecule has 29 heavy (non-hydrogen) atoms. The van der Waals surface area contributed by atoms with Gasteiger partial charge in [0, 0.05) is 0 Å². The van der Waals surface area contributed by atoms with Gasteiger partial charge in [0.2, 0.25) is 0 Å². The maximum absolute atomic E-state index is 4.65. The Hall–Kier alpha value is -0.520. The van der Waals surface area contributed by atoms with Gasteiger partial charge >= 0.3 is 0 Å². The second-order valence-electron chi connectivity index (χ2n) is 12.9. The molecule has 168 valence electrons. The molecule has 0 nitrogen and oxygen atoms in total. The van der Waals surface area contributed by atoms with Gasteiger partial charge < -0.3 is 0 Å². The van der Waals surface area contributed by atoms with E-state index in [1.165, 1.54) is 57.8 Å². The van der Waals surface area contributed by atoms with Crippen molar-refractivity contribution in [3.05, 3.63) is 24.3 Å². The van der Waals surface area contributed by atoms with E-state index in [9.17, 15) is 0 Å². The fourth-order valence-corrected chi connectivity index (χ4v) is 6.30. The molecule has 6 atom stereocenters. The van der Waals surface area contributed by atoms with Gasteiger partial charge in [-0.15, -0.1) is 0 Å². The van der Waals surface area contributed by atoms with Crippen LogP contribution in [0.1, 0.15) is 113 Å². The van der Waals surface area contributed by atoms with Gasteiger partial charge in [0.15, 0.2) is 0 Å².